The summed E-state index contributed by atoms with van der Waals surface area (Å²) in [6.45, 7) is 0. The first-order valence-electron chi connectivity index (χ1n) is 5.21. The Morgan fingerprint density at radius 3 is 1.76 bits per heavy atom. The molecule has 0 heterocycles. The summed E-state index contributed by atoms with van der Waals surface area (Å²) in [5, 5.41) is 9.10. The van der Waals surface area contributed by atoms with Gasteiger partial charge in [0.1, 0.15) is 5.75 Å². The topological polar surface area (TPSA) is 20.2 Å². The number of hydrogen-bond acceptors (Lipinski definition) is 1. The van der Waals surface area contributed by atoms with Gasteiger partial charge in [0, 0.05) is 11.1 Å². The summed E-state index contributed by atoms with van der Waals surface area (Å²) in [5.74, 6) is 11.7. The van der Waals surface area contributed by atoms with E-state index < -0.39 is 0 Å². The molecule has 0 atom stereocenters. The van der Waals surface area contributed by atoms with Crippen LogP contribution in [0.5, 0.6) is 5.75 Å². The molecule has 0 amide bonds. The Kier molecular flexibility index (Phi) is 3.48. The highest BCUT2D eigenvalue weighted by atomic mass is 16.3. The minimum Gasteiger partial charge on any atom is -0.508 e. The second-order valence-corrected chi connectivity index (χ2v) is 3.41. The van der Waals surface area contributed by atoms with Crippen molar-refractivity contribution >= 4 is 0 Å². The Hall–Kier alpha value is -2.64. The van der Waals surface area contributed by atoms with Crippen LogP contribution in [-0.2, 0) is 0 Å². The molecule has 17 heavy (non-hydrogen) atoms. The maximum absolute atomic E-state index is 9.10. The Morgan fingerprint density at radius 2 is 1.18 bits per heavy atom. The molecule has 1 heteroatoms. The van der Waals surface area contributed by atoms with Crippen molar-refractivity contribution in [3.63, 3.8) is 0 Å². The van der Waals surface area contributed by atoms with Gasteiger partial charge >= 0.3 is 0 Å². The fourth-order valence-corrected chi connectivity index (χ4v) is 1.27. The van der Waals surface area contributed by atoms with Crippen LogP contribution in [0.15, 0.2) is 54.6 Å². The molecule has 80 valence electrons. The third-order valence-corrected chi connectivity index (χ3v) is 2.12. The first-order chi connectivity index (χ1) is 8.34. The molecule has 0 bridgehead atoms. The Labute approximate surface area is 101 Å². The van der Waals surface area contributed by atoms with E-state index in [0.29, 0.717) is 0 Å². The smallest absolute Gasteiger partial charge is 0.115 e. The molecule has 0 aliphatic carbocycles. The first-order valence-corrected chi connectivity index (χ1v) is 5.21. The van der Waals surface area contributed by atoms with E-state index in [-0.39, 0.29) is 5.75 Å². The molecular weight excluding hydrogens is 208 g/mol. The van der Waals surface area contributed by atoms with Crippen molar-refractivity contribution in [1.29, 1.82) is 0 Å². The van der Waals surface area contributed by atoms with Crippen molar-refractivity contribution in [2.24, 2.45) is 0 Å². The minimum atomic E-state index is 0.242. The molecule has 2 aromatic rings. The van der Waals surface area contributed by atoms with E-state index >= 15 is 0 Å². The van der Waals surface area contributed by atoms with Gasteiger partial charge in [-0.25, -0.2) is 0 Å². The predicted molar refractivity (Wildman–Crippen MR) is 68.3 cm³/mol. The van der Waals surface area contributed by atoms with Crippen molar-refractivity contribution < 1.29 is 5.11 Å². The van der Waals surface area contributed by atoms with Crippen LogP contribution >= 0.6 is 0 Å². The van der Waals surface area contributed by atoms with Gasteiger partial charge in [-0.05, 0) is 48.2 Å². The first kappa shape index (κ1) is 10.9. The van der Waals surface area contributed by atoms with Gasteiger partial charge in [-0.3, -0.25) is 0 Å². The molecule has 1 nitrogen and oxygen atoms in total. The van der Waals surface area contributed by atoms with Crippen LogP contribution in [0.4, 0.5) is 0 Å². The van der Waals surface area contributed by atoms with Crippen molar-refractivity contribution in [2.45, 2.75) is 0 Å². The Balaban J connectivity index is 2.09. The molecule has 0 spiro atoms. The lowest BCUT2D eigenvalue weighted by molar-refractivity contribution is 0.475. The normalized spacial score (nSPS) is 8.47. The average Bonchev–Trinajstić information content (AvgIpc) is 2.38. The van der Waals surface area contributed by atoms with Crippen molar-refractivity contribution in [1.82, 2.24) is 0 Å². The molecular formula is C16H10O. The van der Waals surface area contributed by atoms with Crippen molar-refractivity contribution in [3.05, 3.63) is 65.7 Å². The maximum Gasteiger partial charge on any atom is 0.115 e. The van der Waals surface area contributed by atoms with Crippen LogP contribution in [-0.4, -0.2) is 5.11 Å². The third kappa shape index (κ3) is 3.45. The number of rotatable bonds is 0. The minimum absolute atomic E-state index is 0.242. The molecule has 0 aromatic heterocycles. The summed E-state index contributed by atoms with van der Waals surface area (Å²) in [5.41, 5.74) is 1.79. The van der Waals surface area contributed by atoms with E-state index in [1.165, 1.54) is 0 Å². The summed E-state index contributed by atoms with van der Waals surface area (Å²) < 4.78 is 0. The molecule has 0 unspecified atom stereocenters. The summed E-state index contributed by atoms with van der Waals surface area (Å²) >= 11 is 0. The summed E-state index contributed by atoms with van der Waals surface area (Å²) in [4.78, 5) is 0. The highest BCUT2D eigenvalue weighted by molar-refractivity contribution is 5.45. The van der Waals surface area contributed by atoms with Crippen LogP contribution in [0.3, 0.4) is 0 Å². The summed E-state index contributed by atoms with van der Waals surface area (Å²) in [6, 6.07) is 16.4. The zero-order valence-corrected chi connectivity index (χ0v) is 9.14. The van der Waals surface area contributed by atoms with Crippen LogP contribution < -0.4 is 0 Å². The van der Waals surface area contributed by atoms with Gasteiger partial charge in [0.25, 0.3) is 0 Å². The average molecular weight is 218 g/mol. The molecule has 0 aliphatic rings. The molecule has 0 radical (unpaired) electrons. The van der Waals surface area contributed by atoms with Gasteiger partial charge in [-0.2, -0.15) is 0 Å². The molecule has 0 aliphatic heterocycles. The molecule has 0 saturated heterocycles. The maximum atomic E-state index is 9.10. The van der Waals surface area contributed by atoms with Crippen LogP contribution in [0.25, 0.3) is 0 Å². The SMILES string of the molecule is Oc1ccc(C#CC#Cc2ccccc2)cc1. The van der Waals surface area contributed by atoms with Gasteiger partial charge in [-0.1, -0.05) is 30.0 Å². The van der Waals surface area contributed by atoms with E-state index in [1.807, 2.05) is 30.3 Å². The van der Waals surface area contributed by atoms with Gasteiger partial charge < -0.3 is 5.11 Å². The number of benzene rings is 2. The van der Waals surface area contributed by atoms with Gasteiger partial charge in [0.05, 0.1) is 0 Å². The van der Waals surface area contributed by atoms with E-state index in [9.17, 15) is 0 Å². The van der Waals surface area contributed by atoms with Gasteiger partial charge in [0.15, 0.2) is 0 Å². The highest BCUT2D eigenvalue weighted by Crippen LogP contribution is 2.07. The van der Waals surface area contributed by atoms with E-state index in [1.54, 1.807) is 24.3 Å². The van der Waals surface area contributed by atoms with Crippen molar-refractivity contribution in [3.8, 4) is 29.4 Å². The highest BCUT2D eigenvalue weighted by Gasteiger charge is 1.86. The molecule has 0 fully saturated rings. The van der Waals surface area contributed by atoms with E-state index in [2.05, 4.69) is 23.7 Å². The molecule has 2 aromatic carbocycles. The van der Waals surface area contributed by atoms with Crippen LogP contribution in [0.2, 0.25) is 0 Å². The lowest BCUT2D eigenvalue weighted by atomic mass is 10.2. The third-order valence-electron chi connectivity index (χ3n) is 2.12. The standard InChI is InChI=1S/C16H10O/c17-16-12-10-15(11-13-16)9-5-4-8-14-6-2-1-3-7-14/h1-3,6-7,10-13,17H. The molecule has 1 N–H and O–H groups in total. The fraction of sp³-hybridized carbons (Fsp3) is 0. The van der Waals surface area contributed by atoms with Crippen LogP contribution in [0.1, 0.15) is 11.1 Å². The van der Waals surface area contributed by atoms with Crippen LogP contribution in [0, 0.1) is 23.7 Å². The molecule has 0 saturated carbocycles. The van der Waals surface area contributed by atoms with E-state index in [0.717, 1.165) is 11.1 Å². The van der Waals surface area contributed by atoms with Crippen molar-refractivity contribution in [2.75, 3.05) is 0 Å². The number of hydrogen-bond donors (Lipinski definition) is 1. The Morgan fingerprint density at radius 1 is 0.647 bits per heavy atom. The fourth-order valence-electron chi connectivity index (χ4n) is 1.27. The zero-order chi connectivity index (χ0) is 11.9. The lowest BCUT2D eigenvalue weighted by Gasteiger charge is -1.89. The zero-order valence-electron chi connectivity index (χ0n) is 9.14. The number of phenolic OH excluding ortho intramolecular Hbond substituents is 1. The quantitative estimate of drug-likeness (QED) is 0.674. The second-order valence-electron chi connectivity index (χ2n) is 3.41. The van der Waals surface area contributed by atoms with Gasteiger partial charge in [0.2, 0.25) is 0 Å². The van der Waals surface area contributed by atoms with Gasteiger partial charge in [-0.15, -0.1) is 0 Å². The summed E-state index contributed by atoms with van der Waals surface area (Å²) in [6.07, 6.45) is 0. The lowest BCUT2D eigenvalue weighted by Crippen LogP contribution is -1.72. The van der Waals surface area contributed by atoms with E-state index in [4.69, 9.17) is 5.11 Å². The monoisotopic (exact) mass is 218 g/mol. The number of aromatic hydroxyl groups is 1. The Bertz CT molecular complexity index is 602. The number of phenols is 1. The molecule has 2 rings (SSSR count). The summed E-state index contributed by atoms with van der Waals surface area (Å²) in [7, 11) is 0. The predicted octanol–water partition coefficient (Wildman–Crippen LogP) is 2.80. The largest absolute Gasteiger partial charge is 0.508 e. The second kappa shape index (κ2) is 5.45.